The minimum atomic E-state index is -1.20. The molecule has 15 heteroatoms. The number of carbonyl (C=O) groups is 6. The second-order valence-corrected chi connectivity index (χ2v) is 12.7. The van der Waals surface area contributed by atoms with E-state index in [-0.39, 0.29) is 43.7 Å². The number of amides is 5. The summed E-state index contributed by atoms with van der Waals surface area (Å²) in [6.07, 6.45) is 0.925. The molecule has 0 aliphatic carbocycles. The van der Waals surface area contributed by atoms with Crippen molar-refractivity contribution in [1.29, 1.82) is 0 Å². The summed E-state index contributed by atoms with van der Waals surface area (Å²) in [5, 5.41) is 39.2. The highest BCUT2D eigenvalue weighted by Crippen LogP contribution is 2.21. The third-order valence-corrected chi connectivity index (χ3v) is 8.65. The summed E-state index contributed by atoms with van der Waals surface area (Å²) in [6.45, 7) is 1.08. The Kier molecular flexibility index (Phi) is 13.7. The molecule has 5 amide bonds. The fraction of sp³-hybridized carbons (Fsp3) is 0.351. The van der Waals surface area contributed by atoms with Gasteiger partial charge in [-0.3, -0.25) is 24.0 Å². The highest BCUT2D eigenvalue weighted by Gasteiger charge is 2.38. The van der Waals surface area contributed by atoms with Gasteiger partial charge in [-0.15, -0.1) is 0 Å². The van der Waals surface area contributed by atoms with E-state index in [1.807, 2.05) is 0 Å². The topological polar surface area (TPSA) is 240 Å². The van der Waals surface area contributed by atoms with E-state index < -0.39 is 72.3 Å². The molecule has 5 atom stereocenters. The summed E-state index contributed by atoms with van der Waals surface area (Å²) >= 11 is 0. The molecular weight excluding hydrogens is 672 g/mol. The van der Waals surface area contributed by atoms with E-state index in [0.29, 0.717) is 23.1 Å². The Morgan fingerprint density at radius 2 is 1.29 bits per heavy atom. The third kappa shape index (κ3) is 11.3. The van der Waals surface area contributed by atoms with Crippen molar-refractivity contribution in [2.24, 2.45) is 5.73 Å². The third-order valence-electron chi connectivity index (χ3n) is 8.65. The molecule has 1 aliphatic heterocycles. The zero-order valence-corrected chi connectivity index (χ0v) is 28.7. The summed E-state index contributed by atoms with van der Waals surface area (Å²) in [5.74, 6) is -4.38. The lowest BCUT2D eigenvalue weighted by atomic mass is 10.0. The van der Waals surface area contributed by atoms with Crippen LogP contribution in [0.5, 0.6) is 11.5 Å². The number of benzene rings is 3. The lowest BCUT2D eigenvalue weighted by molar-refractivity contribution is -0.149. The van der Waals surface area contributed by atoms with E-state index >= 15 is 0 Å². The molecule has 1 heterocycles. The fourth-order valence-electron chi connectivity index (χ4n) is 5.82. The van der Waals surface area contributed by atoms with Gasteiger partial charge in [0.1, 0.15) is 35.7 Å². The predicted molar refractivity (Wildman–Crippen MR) is 189 cm³/mol. The number of phenolic OH excluding ortho intramolecular Hbond substituents is 2. The van der Waals surface area contributed by atoms with Gasteiger partial charge in [0.25, 0.3) is 0 Å². The Labute approximate surface area is 300 Å². The second-order valence-electron chi connectivity index (χ2n) is 12.7. The predicted octanol–water partition coefficient (Wildman–Crippen LogP) is 0.119. The molecule has 0 aromatic heterocycles. The molecule has 5 unspecified atom stereocenters. The Hall–Kier alpha value is -5.96. The summed E-state index contributed by atoms with van der Waals surface area (Å²) < 4.78 is 0. The maximum atomic E-state index is 13.8. The standard InChI is InChI=1S/C37H44N6O9/c1-22(40-34(48)28(38)18-24-9-13-26(44)14-10-24)33(47)39-21-32(46)41-29(19-23-6-3-2-4-7-23)35(49)42-30(20-25-11-15-27(45)16-12-25)36(50)43-17-5-8-31(43)37(51)52/h2-4,6-7,9-16,22,28-31,44-45H,5,8,17-21,38H2,1H3,(H,39,47)(H,40,48)(H,41,46)(H,42,49)(H,51,52). The number of rotatable bonds is 16. The number of aliphatic carboxylic acids is 1. The molecular formula is C37H44N6O9. The summed E-state index contributed by atoms with van der Waals surface area (Å²) in [5.41, 5.74) is 7.99. The van der Waals surface area contributed by atoms with E-state index in [2.05, 4.69) is 21.3 Å². The van der Waals surface area contributed by atoms with Crippen molar-refractivity contribution in [2.45, 2.75) is 69.2 Å². The minimum absolute atomic E-state index is 0.00448. The zero-order chi connectivity index (χ0) is 37.8. The highest BCUT2D eigenvalue weighted by molar-refractivity contribution is 5.95. The van der Waals surface area contributed by atoms with E-state index in [1.54, 1.807) is 54.6 Å². The van der Waals surface area contributed by atoms with E-state index in [0.717, 1.165) is 0 Å². The van der Waals surface area contributed by atoms with Crippen LogP contribution in [0.15, 0.2) is 78.9 Å². The number of carboxylic acids is 1. The smallest absolute Gasteiger partial charge is 0.326 e. The van der Waals surface area contributed by atoms with Crippen molar-refractivity contribution in [3.8, 4) is 11.5 Å². The molecule has 0 radical (unpaired) electrons. The first kappa shape index (κ1) is 38.8. The molecule has 4 rings (SSSR count). The lowest BCUT2D eigenvalue weighted by Crippen LogP contribution is -2.58. The zero-order valence-electron chi connectivity index (χ0n) is 28.7. The number of likely N-dealkylation sites (tertiary alicyclic amines) is 1. The number of carbonyl (C=O) groups excluding carboxylic acids is 5. The average molecular weight is 717 g/mol. The Bertz CT molecular complexity index is 1720. The molecule has 3 aromatic carbocycles. The van der Waals surface area contributed by atoms with Gasteiger partial charge in [-0.2, -0.15) is 0 Å². The number of hydrogen-bond acceptors (Lipinski definition) is 9. The van der Waals surface area contributed by atoms with Gasteiger partial charge in [-0.25, -0.2) is 4.79 Å². The minimum Gasteiger partial charge on any atom is -0.508 e. The van der Waals surface area contributed by atoms with Crippen molar-refractivity contribution < 1.29 is 44.1 Å². The van der Waals surface area contributed by atoms with E-state index in [9.17, 15) is 44.1 Å². The summed E-state index contributed by atoms with van der Waals surface area (Å²) in [6, 6.07) is 15.5. The lowest BCUT2D eigenvalue weighted by Gasteiger charge is -2.29. The molecule has 1 aliphatic rings. The van der Waals surface area contributed by atoms with Gasteiger partial charge in [0.05, 0.1) is 12.6 Å². The average Bonchev–Trinajstić information content (AvgIpc) is 3.63. The molecule has 3 aromatic rings. The number of phenols is 2. The Morgan fingerprint density at radius 3 is 1.88 bits per heavy atom. The van der Waals surface area contributed by atoms with Crippen molar-refractivity contribution >= 4 is 35.5 Å². The SMILES string of the molecule is CC(NC(=O)C(N)Cc1ccc(O)cc1)C(=O)NCC(=O)NC(Cc1ccccc1)C(=O)NC(Cc1ccc(O)cc1)C(=O)N1CCCC1C(=O)O. The highest BCUT2D eigenvalue weighted by atomic mass is 16.4. The van der Waals surface area contributed by atoms with Crippen LogP contribution in [0, 0.1) is 0 Å². The van der Waals surface area contributed by atoms with Crippen LogP contribution in [0.4, 0.5) is 0 Å². The van der Waals surface area contributed by atoms with Crippen LogP contribution in [0.3, 0.4) is 0 Å². The number of nitrogens with two attached hydrogens (primary N) is 1. The number of aromatic hydroxyl groups is 2. The molecule has 0 spiro atoms. The maximum absolute atomic E-state index is 13.8. The first-order valence-corrected chi connectivity index (χ1v) is 16.9. The van der Waals surface area contributed by atoms with Gasteiger partial charge in [0.15, 0.2) is 0 Å². The summed E-state index contributed by atoms with van der Waals surface area (Å²) in [7, 11) is 0. The Balaban J connectivity index is 1.41. The van der Waals surface area contributed by atoms with Crippen molar-refractivity contribution in [3.63, 3.8) is 0 Å². The van der Waals surface area contributed by atoms with Gasteiger partial charge in [0.2, 0.25) is 29.5 Å². The Morgan fingerprint density at radius 1 is 0.731 bits per heavy atom. The quantitative estimate of drug-likeness (QED) is 0.0996. The normalized spacial score (nSPS) is 16.1. The van der Waals surface area contributed by atoms with Gasteiger partial charge in [-0.05, 0) is 67.1 Å². The number of nitrogens with zero attached hydrogens (tertiary/aromatic N) is 1. The second kappa shape index (κ2) is 18.3. The van der Waals surface area contributed by atoms with Crippen molar-refractivity contribution in [1.82, 2.24) is 26.2 Å². The van der Waals surface area contributed by atoms with E-state index in [1.165, 1.54) is 36.1 Å². The van der Waals surface area contributed by atoms with Crippen LogP contribution < -0.4 is 27.0 Å². The number of hydrogen-bond donors (Lipinski definition) is 8. The molecule has 1 fully saturated rings. The largest absolute Gasteiger partial charge is 0.508 e. The van der Waals surface area contributed by atoms with E-state index in [4.69, 9.17) is 5.73 Å². The van der Waals surface area contributed by atoms with Crippen molar-refractivity contribution in [2.75, 3.05) is 13.1 Å². The van der Waals surface area contributed by atoms with Gasteiger partial charge >= 0.3 is 5.97 Å². The molecule has 15 nitrogen and oxygen atoms in total. The van der Waals surface area contributed by atoms with Crippen LogP contribution in [-0.2, 0) is 48.0 Å². The maximum Gasteiger partial charge on any atom is 0.326 e. The summed E-state index contributed by atoms with van der Waals surface area (Å²) in [4.78, 5) is 79.2. The molecule has 1 saturated heterocycles. The van der Waals surface area contributed by atoms with Crippen molar-refractivity contribution in [3.05, 3.63) is 95.6 Å². The van der Waals surface area contributed by atoms with Crippen LogP contribution >= 0.6 is 0 Å². The fourth-order valence-corrected chi connectivity index (χ4v) is 5.82. The van der Waals surface area contributed by atoms with Gasteiger partial charge in [0, 0.05) is 19.4 Å². The van der Waals surface area contributed by atoms with Crippen LogP contribution in [-0.4, -0.2) is 99.0 Å². The van der Waals surface area contributed by atoms with Crippen LogP contribution in [0.1, 0.15) is 36.5 Å². The van der Waals surface area contributed by atoms with Gasteiger partial charge in [-0.1, -0.05) is 54.6 Å². The molecule has 276 valence electrons. The first-order chi connectivity index (χ1) is 24.8. The molecule has 0 bridgehead atoms. The number of nitrogens with one attached hydrogen (secondary N) is 4. The first-order valence-electron chi connectivity index (χ1n) is 16.9. The monoisotopic (exact) mass is 716 g/mol. The molecule has 0 saturated carbocycles. The molecule has 9 N–H and O–H groups in total. The van der Waals surface area contributed by atoms with Crippen LogP contribution in [0.2, 0.25) is 0 Å². The number of carboxylic acid groups (broad SMARTS) is 1. The van der Waals surface area contributed by atoms with Crippen LogP contribution in [0.25, 0.3) is 0 Å². The van der Waals surface area contributed by atoms with Gasteiger partial charge < -0.3 is 47.2 Å². The molecule has 52 heavy (non-hydrogen) atoms.